The molecule has 0 fully saturated rings. The Hall–Kier alpha value is -3.66. The largest absolute Gasteiger partial charge is 0.449 e. The normalized spacial score (nSPS) is 14.1. The lowest BCUT2D eigenvalue weighted by Crippen LogP contribution is -2.36. The highest BCUT2D eigenvalue weighted by atomic mass is 35.5. The average Bonchev–Trinajstić information content (AvgIpc) is 3.14. The van der Waals surface area contributed by atoms with E-state index >= 15 is 0 Å². The van der Waals surface area contributed by atoms with Crippen LogP contribution in [0, 0.1) is 10.1 Å². The summed E-state index contributed by atoms with van der Waals surface area (Å²) in [6, 6.07) is 18.0. The van der Waals surface area contributed by atoms with Crippen LogP contribution in [-0.2, 0) is 4.74 Å². The van der Waals surface area contributed by atoms with Gasteiger partial charge in [0.1, 0.15) is 24.5 Å². The van der Waals surface area contributed by atoms with E-state index in [4.69, 9.17) is 22.1 Å². The van der Waals surface area contributed by atoms with Crippen molar-refractivity contribution in [1.29, 1.82) is 0 Å². The van der Waals surface area contributed by atoms with Gasteiger partial charge in [-0.25, -0.2) is 4.79 Å². The van der Waals surface area contributed by atoms with E-state index in [2.05, 4.69) is 5.32 Å². The summed E-state index contributed by atoms with van der Waals surface area (Å²) in [5.74, 6) is -0.122. The second-order valence-electron chi connectivity index (χ2n) is 7.91. The standard InChI is InChI=1S/C24H22ClN3O6/c25-19-10-20(26)21(28(32)33)9-17(19)23(30)22(29)11-27-24(31)34-12-18-15-7-3-1-5-13(15)14-6-2-4-8-16(14)18/h1-10,18,22-23,29-30H,11-12,26H2,(H,27,31). The molecule has 2 unspecified atom stereocenters. The zero-order valence-electron chi connectivity index (χ0n) is 17.8. The Morgan fingerprint density at radius 2 is 1.71 bits per heavy atom. The van der Waals surface area contributed by atoms with E-state index in [0.29, 0.717) is 0 Å². The molecule has 3 aromatic carbocycles. The molecule has 0 heterocycles. The van der Waals surface area contributed by atoms with Crippen molar-refractivity contribution in [1.82, 2.24) is 5.32 Å². The quantitative estimate of drug-likeness (QED) is 0.227. The van der Waals surface area contributed by atoms with Gasteiger partial charge in [0, 0.05) is 29.1 Å². The number of hydrogen-bond acceptors (Lipinski definition) is 7. The molecule has 9 nitrogen and oxygen atoms in total. The van der Waals surface area contributed by atoms with Gasteiger partial charge in [0.15, 0.2) is 0 Å². The number of carbonyl (C=O) groups excluding carboxylic acids is 1. The Labute approximate surface area is 199 Å². The molecule has 176 valence electrons. The average molecular weight is 484 g/mol. The van der Waals surface area contributed by atoms with Crippen LogP contribution >= 0.6 is 11.6 Å². The molecule has 3 aromatic rings. The summed E-state index contributed by atoms with van der Waals surface area (Å²) in [4.78, 5) is 22.7. The van der Waals surface area contributed by atoms with Crippen LogP contribution in [0.3, 0.4) is 0 Å². The van der Waals surface area contributed by atoms with Crippen LogP contribution in [0.25, 0.3) is 11.1 Å². The van der Waals surface area contributed by atoms with E-state index in [0.717, 1.165) is 34.4 Å². The van der Waals surface area contributed by atoms with Gasteiger partial charge in [0.2, 0.25) is 0 Å². The Kier molecular flexibility index (Phi) is 6.69. The van der Waals surface area contributed by atoms with Crippen molar-refractivity contribution >= 4 is 29.1 Å². The van der Waals surface area contributed by atoms with Crippen molar-refractivity contribution in [3.63, 3.8) is 0 Å². The van der Waals surface area contributed by atoms with E-state index in [9.17, 15) is 25.1 Å². The smallest absolute Gasteiger partial charge is 0.407 e. The van der Waals surface area contributed by atoms with Crippen LogP contribution in [0.5, 0.6) is 0 Å². The number of rotatable bonds is 7. The SMILES string of the molecule is Nc1cc(Cl)c(C(O)C(O)CNC(=O)OCC2c3ccccc3-c3ccccc32)cc1[N+](=O)[O-]. The predicted molar refractivity (Wildman–Crippen MR) is 127 cm³/mol. The number of aliphatic hydroxyl groups is 2. The van der Waals surface area contributed by atoms with Crippen molar-refractivity contribution < 1.29 is 24.7 Å². The first-order chi connectivity index (χ1) is 16.3. The van der Waals surface area contributed by atoms with Crippen molar-refractivity contribution in [2.24, 2.45) is 0 Å². The monoisotopic (exact) mass is 483 g/mol. The number of nitro groups is 1. The van der Waals surface area contributed by atoms with E-state index in [1.807, 2.05) is 48.5 Å². The first-order valence-corrected chi connectivity index (χ1v) is 10.8. The Morgan fingerprint density at radius 3 is 2.29 bits per heavy atom. The van der Waals surface area contributed by atoms with Crippen LogP contribution < -0.4 is 11.1 Å². The third-order valence-corrected chi connectivity index (χ3v) is 6.15. The van der Waals surface area contributed by atoms with Gasteiger partial charge >= 0.3 is 6.09 Å². The zero-order chi connectivity index (χ0) is 24.4. The second kappa shape index (κ2) is 9.68. The van der Waals surface area contributed by atoms with Crippen LogP contribution in [0.2, 0.25) is 5.02 Å². The first-order valence-electron chi connectivity index (χ1n) is 10.5. The summed E-state index contributed by atoms with van der Waals surface area (Å²) in [6.07, 6.45) is -3.87. The number of amides is 1. The molecule has 34 heavy (non-hydrogen) atoms. The van der Waals surface area contributed by atoms with Gasteiger partial charge in [0.25, 0.3) is 5.69 Å². The van der Waals surface area contributed by atoms with E-state index in [1.54, 1.807) is 0 Å². The highest BCUT2D eigenvalue weighted by Crippen LogP contribution is 2.44. The van der Waals surface area contributed by atoms with E-state index < -0.39 is 28.9 Å². The number of anilines is 1. The number of nitrogen functional groups attached to an aromatic ring is 1. The number of ether oxygens (including phenoxy) is 1. The van der Waals surface area contributed by atoms with Crippen LogP contribution in [0.15, 0.2) is 60.7 Å². The van der Waals surface area contributed by atoms with E-state index in [-0.39, 0.29) is 35.3 Å². The lowest BCUT2D eigenvalue weighted by atomic mass is 9.98. The molecule has 2 atom stereocenters. The number of carbonyl (C=O) groups is 1. The van der Waals surface area contributed by atoms with Gasteiger partial charge in [-0.3, -0.25) is 10.1 Å². The number of halogens is 1. The van der Waals surface area contributed by atoms with E-state index in [1.165, 1.54) is 0 Å². The lowest BCUT2D eigenvalue weighted by molar-refractivity contribution is -0.384. The van der Waals surface area contributed by atoms with Gasteiger partial charge in [0.05, 0.1) is 4.92 Å². The fourth-order valence-corrected chi connectivity index (χ4v) is 4.42. The number of benzene rings is 3. The van der Waals surface area contributed by atoms with Crippen LogP contribution in [0.1, 0.15) is 28.7 Å². The fourth-order valence-electron chi connectivity index (χ4n) is 4.13. The topological polar surface area (TPSA) is 148 Å². The van der Waals surface area contributed by atoms with Crippen molar-refractivity contribution in [2.45, 2.75) is 18.1 Å². The maximum absolute atomic E-state index is 12.3. The summed E-state index contributed by atoms with van der Waals surface area (Å²) < 4.78 is 5.39. The summed E-state index contributed by atoms with van der Waals surface area (Å²) in [7, 11) is 0. The van der Waals surface area contributed by atoms with Gasteiger partial charge in [-0.2, -0.15) is 0 Å². The molecule has 5 N–H and O–H groups in total. The third-order valence-electron chi connectivity index (χ3n) is 5.83. The number of fused-ring (bicyclic) bond motifs is 3. The van der Waals surface area contributed by atoms with Crippen LogP contribution in [-0.4, -0.2) is 40.5 Å². The molecule has 0 saturated carbocycles. The number of alkyl carbamates (subject to hydrolysis) is 1. The maximum Gasteiger partial charge on any atom is 0.407 e. The molecule has 1 aliphatic carbocycles. The minimum atomic E-state index is -1.60. The molecule has 4 rings (SSSR count). The number of nitrogens with one attached hydrogen (secondary N) is 1. The highest BCUT2D eigenvalue weighted by Gasteiger charge is 2.29. The van der Waals surface area contributed by atoms with Crippen molar-refractivity contribution in [3.05, 3.63) is 92.5 Å². The molecular weight excluding hydrogens is 462 g/mol. The Bertz CT molecular complexity index is 1210. The molecule has 0 bridgehead atoms. The molecule has 0 radical (unpaired) electrons. The number of nitro benzene ring substituents is 1. The van der Waals surface area contributed by atoms with Crippen molar-refractivity contribution in [2.75, 3.05) is 18.9 Å². The molecule has 0 aromatic heterocycles. The predicted octanol–water partition coefficient (Wildman–Crippen LogP) is 3.76. The summed E-state index contributed by atoms with van der Waals surface area (Å²) in [5, 5.41) is 34.2. The fraction of sp³-hybridized carbons (Fsp3) is 0.208. The number of nitrogens with zero attached hydrogens (tertiary/aromatic N) is 1. The summed E-state index contributed by atoms with van der Waals surface area (Å²) in [6.45, 7) is -0.277. The highest BCUT2D eigenvalue weighted by molar-refractivity contribution is 6.31. The second-order valence-corrected chi connectivity index (χ2v) is 8.32. The Morgan fingerprint density at radius 1 is 1.12 bits per heavy atom. The molecule has 1 amide bonds. The summed E-state index contributed by atoms with van der Waals surface area (Å²) >= 11 is 6.03. The Balaban J connectivity index is 1.37. The molecule has 10 heteroatoms. The molecule has 0 spiro atoms. The molecule has 0 saturated heterocycles. The minimum Gasteiger partial charge on any atom is -0.449 e. The summed E-state index contributed by atoms with van der Waals surface area (Å²) in [5.41, 5.74) is 9.19. The number of aliphatic hydroxyl groups excluding tert-OH is 2. The van der Waals surface area contributed by atoms with Gasteiger partial charge in [-0.1, -0.05) is 60.1 Å². The van der Waals surface area contributed by atoms with Gasteiger partial charge < -0.3 is 26.0 Å². The van der Waals surface area contributed by atoms with Crippen LogP contribution in [0.4, 0.5) is 16.2 Å². The van der Waals surface area contributed by atoms with Gasteiger partial charge in [-0.15, -0.1) is 0 Å². The number of hydrogen-bond donors (Lipinski definition) is 4. The lowest BCUT2D eigenvalue weighted by Gasteiger charge is -2.20. The third kappa shape index (κ3) is 4.54. The number of nitrogens with two attached hydrogens (primary N) is 1. The first kappa shape index (κ1) is 23.5. The minimum absolute atomic E-state index is 0.0456. The molecule has 1 aliphatic rings. The molecular formula is C24H22ClN3O6. The maximum atomic E-state index is 12.3. The molecule has 0 aliphatic heterocycles. The van der Waals surface area contributed by atoms with Crippen molar-refractivity contribution in [3.8, 4) is 11.1 Å². The van der Waals surface area contributed by atoms with Gasteiger partial charge in [-0.05, 0) is 28.3 Å². The zero-order valence-corrected chi connectivity index (χ0v) is 18.6.